The highest BCUT2D eigenvalue weighted by Crippen LogP contribution is 2.35. The molecule has 0 fully saturated rings. The fourth-order valence-corrected chi connectivity index (χ4v) is 1.62. The maximum Gasteiger partial charge on any atom is 0.416 e. The van der Waals surface area contributed by atoms with Gasteiger partial charge in [0, 0.05) is 6.42 Å². The van der Waals surface area contributed by atoms with Crippen molar-refractivity contribution < 1.29 is 22.7 Å². The second kappa shape index (κ2) is 4.27. The van der Waals surface area contributed by atoms with Crippen LogP contribution in [0, 0.1) is 0 Å². The molecular weight excluding hydrogens is 235 g/mol. The average Bonchev–Trinajstić information content (AvgIpc) is 2.27. The summed E-state index contributed by atoms with van der Waals surface area (Å²) in [5, 5.41) is 3.59. The molecule has 1 aromatic carbocycles. The minimum absolute atomic E-state index is 0.196. The lowest BCUT2D eigenvalue weighted by atomic mass is 10.0. The molecule has 17 heavy (non-hydrogen) atoms. The van der Waals surface area contributed by atoms with Gasteiger partial charge in [0.1, 0.15) is 12.9 Å². The summed E-state index contributed by atoms with van der Waals surface area (Å²) in [6.45, 7) is 0. The third-order valence-electron chi connectivity index (χ3n) is 2.42. The quantitative estimate of drug-likeness (QED) is 0.712. The zero-order valence-corrected chi connectivity index (χ0v) is 9.04. The molecule has 0 radical (unpaired) electrons. The van der Waals surface area contributed by atoms with Gasteiger partial charge in [-0.25, -0.2) is 0 Å². The number of ether oxygens (including phenoxy) is 1. The van der Waals surface area contributed by atoms with Gasteiger partial charge in [-0.2, -0.15) is 13.2 Å². The summed E-state index contributed by atoms with van der Waals surface area (Å²) in [6, 6.07) is 3.47. The fourth-order valence-electron chi connectivity index (χ4n) is 1.62. The van der Waals surface area contributed by atoms with Crippen molar-refractivity contribution in [1.82, 2.24) is 0 Å². The van der Waals surface area contributed by atoms with E-state index in [1.807, 2.05) is 0 Å². The van der Waals surface area contributed by atoms with E-state index in [-0.39, 0.29) is 5.75 Å². The molecule has 0 aromatic heterocycles. The number of aryl methyl sites for hydroxylation is 1. The molecule has 0 bridgehead atoms. The molecule has 0 spiro atoms. The zero-order chi connectivity index (χ0) is 12.5. The SMILES string of the molecule is CON=C1CCc2ccc(C(F)(F)F)cc2O1. The molecule has 0 atom stereocenters. The van der Waals surface area contributed by atoms with E-state index in [1.54, 1.807) is 0 Å². The average molecular weight is 245 g/mol. The summed E-state index contributed by atoms with van der Waals surface area (Å²) in [5.74, 6) is 0.487. The van der Waals surface area contributed by atoms with E-state index in [0.717, 1.165) is 17.7 Å². The van der Waals surface area contributed by atoms with E-state index < -0.39 is 11.7 Å². The summed E-state index contributed by atoms with van der Waals surface area (Å²) in [7, 11) is 1.36. The van der Waals surface area contributed by atoms with E-state index in [0.29, 0.717) is 18.7 Å². The first-order valence-corrected chi connectivity index (χ1v) is 4.98. The van der Waals surface area contributed by atoms with Gasteiger partial charge >= 0.3 is 6.18 Å². The number of oxime groups is 1. The molecule has 1 heterocycles. The minimum atomic E-state index is -4.37. The summed E-state index contributed by atoms with van der Waals surface area (Å²) < 4.78 is 42.7. The Morgan fingerprint density at radius 2 is 2.06 bits per heavy atom. The summed E-state index contributed by atoms with van der Waals surface area (Å²) in [5.41, 5.74) is 0.0166. The molecule has 3 nitrogen and oxygen atoms in total. The van der Waals surface area contributed by atoms with Crippen molar-refractivity contribution >= 4 is 5.90 Å². The van der Waals surface area contributed by atoms with Crippen LogP contribution in [0.5, 0.6) is 5.75 Å². The number of nitrogens with zero attached hydrogens (tertiary/aromatic N) is 1. The van der Waals surface area contributed by atoms with Gasteiger partial charge in [0.25, 0.3) is 0 Å². The van der Waals surface area contributed by atoms with E-state index >= 15 is 0 Å². The van der Waals surface area contributed by atoms with Crippen molar-refractivity contribution in [2.75, 3.05) is 7.11 Å². The Kier molecular flexibility index (Phi) is 2.95. The standard InChI is InChI=1S/C11H10F3NO2/c1-16-15-10-5-3-7-2-4-8(11(12,13)14)6-9(7)17-10/h2,4,6H,3,5H2,1H3. The lowest BCUT2D eigenvalue weighted by molar-refractivity contribution is -0.137. The molecule has 0 amide bonds. The molecule has 2 rings (SSSR count). The molecule has 0 saturated carbocycles. The Balaban J connectivity index is 2.32. The Bertz CT molecular complexity index is 455. The predicted molar refractivity (Wildman–Crippen MR) is 54.8 cm³/mol. The molecule has 1 aliphatic rings. The van der Waals surface area contributed by atoms with Crippen molar-refractivity contribution in [3.63, 3.8) is 0 Å². The first kappa shape index (κ1) is 11.8. The van der Waals surface area contributed by atoms with E-state index in [4.69, 9.17) is 4.74 Å². The molecule has 0 unspecified atom stereocenters. The van der Waals surface area contributed by atoms with Gasteiger partial charge in [0.05, 0.1) is 5.56 Å². The van der Waals surface area contributed by atoms with Crippen LogP contribution in [0.25, 0.3) is 0 Å². The molecule has 92 valence electrons. The molecule has 0 aliphatic carbocycles. The van der Waals surface area contributed by atoms with E-state index in [2.05, 4.69) is 9.99 Å². The van der Waals surface area contributed by atoms with Crippen LogP contribution in [0.1, 0.15) is 17.5 Å². The van der Waals surface area contributed by atoms with Crippen molar-refractivity contribution in [3.8, 4) is 5.75 Å². The van der Waals surface area contributed by atoms with Crippen LogP contribution < -0.4 is 4.74 Å². The Labute approximate surface area is 95.8 Å². The van der Waals surface area contributed by atoms with Gasteiger partial charge in [-0.05, 0) is 24.1 Å². The minimum Gasteiger partial charge on any atom is -0.439 e. The third kappa shape index (κ3) is 2.51. The second-order valence-electron chi connectivity index (χ2n) is 3.59. The number of hydrogen-bond donors (Lipinski definition) is 0. The number of halogens is 3. The normalized spacial score (nSPS) is 17.5. The number of hydrogen-bond acceptors (Lipinski definition) is 3. The van der Waals surface area contributed by atoms with Gasteiger partial charge in [-0.15, -0.1) is 0 Å². The van der Waals surface area contributed by atoms with Gasteiger partial charge in [-0.1, -0.05) is 11.2 Å². The first-order chi connectivity index (χ1) is 8.00. The Morgan fingerprint density at radius 3 is 2.71 bits per heavy atom. The van der Waals surface area contributed by atoms with Crippen molar-refractivity contribution in [2.45, 2.75) is 19.0 Å². The van der Waals surface area contributed by atoms with Gasteiger partial charge in [-0.3, -0.25) is 0 Å². The fraction of sp³-hybridized carbons (Fsp3) is 0.364. The second-order valence-corrected chi connectivity index (χ2v) is 3.59. The highest BCUT2D eigenvalue weighted by atomic mass is 19.4. The zero-order valence-electron chi connectivity index (χ0n) is 9.04. The number of fused-ring (bicyclic) bond motifs is 1. The molecule has 0 saturated heterocycles. The van der Waals surface area contributed by atoms with Crippen molar-refractivity contribution in [3.05, 3.63) is 29.3 Å². The van der Waals surface area contributed by atoms with Crippen molar-refractivity contribution in [2.24, 2.45) is 5.16 Å². The van der Waals surface area contributed by atoms with Gasteiger partial charge < -0.3 is 9.57 Å². The van der Waals surface area contributed by atoms with Crippen LogP contribution in [0.2, 0.25) is 0 Å². The van der Waals surface area contributed by atoms with Gasteiger partial charge in [0.2, 0.25) is 5.90 Å². The third-order valence-corrected chi connectivity index (χ3v) is 2.42. The Hall–Kier alpha value is -1.72. The summed E-state index contributed by atoms with van der Waals surface area (Å²) in [6.07, 6.45) is -3.25. The van der Waals surface area contributed by atoms with Crippen molar-refractivity contribution in [1.29, 1.82) is 0 Å². The Morgan fingerprint density at radius 1 is 1.29 bits per heavy atom. The number of rotatable bonds is 1. The highest BCUT2D eigenvalue weighted by Gasteiger charge is 2.32. The van der Waals surface area contributed by atoms with Crippen LogP contribution in [-0.4, -0.2) is 13.0 Å². The van der Waals surface area contributed by atoms with Crippen LogP contribution in [0.4, 0.5) is 13.2 Å². The smallest absolute Gasteiger partial charge is 0.416 e. The highest BCUT2D eigenvalue weighted by molar-refractivity contribution is 5.80. The topological polar surface area (TPSA) is 30.8 Å². The molecular formula is C11H10F3NO2. The lowest BCUT2D eigenvalue weighted by Gasteiger charge is -2.19. The first-order valence-electron chi connectivity index (χ1n) is 4.98. The predicted octanol–water partition coefficient (Wildman–Crippen LogP) is 2.99. The summed E-state index contributed by atoms with van der Waals surface area (Å²) >= 11 is 0. The molecule has 1 aromatic rings. The maximum atomic E-state index is 12.5. The molecule has 0 N–H and O–H groups in total. The van der Waals surface area contributed by atoms with Gasteiger partial charge in [0.15, 0.2) is 0 Å². The van der Waals surface area contributed by atoms with Crippen LogP contribution in [0.3, 0.4) is 0 Å². The van der Waals surface area contributed by atoms with Crippen LogP contribution >= 0.6 is 0 Å². The molecule has 1 aliphatic heterocycles. The van der Waals surface area contributed by atoms with E-state index in [9.17, 15) is 13.2 Å². The molecule has 6 heteroatoms. The maximum absolute atomic E-state index is 12.5. The summed E-state index contributed by atoms with van der Waals surface area (Å²) in [4.78, 5) is 4.53. The number of alkyl halides is 3. The largest absolute Gasteiger partial charge is 0.439 e. The van der Waals surface area contributed by atoms with Crippen LogP contribution in [0.15, 0.2) is 23.4 Å². The van der Waals surface area contributed by atoms with Crippen LogP contribution in [-0.2, 0) is 17.4 Å². The number of benzene rings is 1. The lowest BCUT2D eigenvalue weighted by Crippen LogP contribution is -2.17. The van der Waals surface area contributed by atoms with E-state index in [1.165, 1.54) is 13.2 Å². The monoisotopic (exact) mass is 245 g/mol.